The van der Waals surface area contributed by atoms with Crippen LogP contribution in [-0.2, 0) is 4.74 Å². The molecule has 1 heterocycles. The molecular weight excluding hydrogens is 405 g/mol. The molecule has 130 valence electrons. The van der Waals surface area contributed by atoms with E-state index in [2.05, 4.69) is 20.7 Å². The van der Waals surface area contributed by atoms with Gasteiger partial charge in [-0.2, -0.15) is 13.2 Å². The van der Waals surface area contributed by atoms with Gasteiger partial charge in [0.1, 0.15) is 5.75 Å². The van der Waals surface area contributed by atoms with E-state index < -0.39 is 24.2 Å². The van der Waals surface area contributed by atoms with E-state index in [4.69, 9.17) is 9.84 Å². The Morgan fingerprint density at radius 2 is 1.76 bits per heavy atom. The van der Waals surface area contributed by atoms with Crippen molar-refractivity contribution in [3.05, 3.63) is 58.3 Å². The van der Waals surface area contributed by atoms with Crippen LogP contribution in [0.2, 0.25) is 0 Å². The first kappa shape index (κ1) is 17.3. The first-order valence-corrected chi connectivity index (χ1v) is 7.79. The van der Waals surface area contributed by atoms with Crippen molar-refractivity contribution in [2.45, 2.75) is 12.3 Å². The third kappa shape index (κ3) is 3.79. The topological polar surface area (TPSA) is 55.8 Å². The lowest BCUT2D eigenvalue weighted by molar-refractivity contribution is -0.191. The van der Waals surface area contributed by atoms with Crippen molar-refractivity contribution in [1.82, 2.24) is 0 Å². The summed E-state index contributed by atoms with van der Waals surface area (Å²) in [5.74, 6) is -0.818. The van der Waals surface area contributed by atoms with Gasteiger partial charge in [-0.25, -0.2) is 4.79 Å². The predicted octanol–water partition coefficient (Wildman–Crippen LogP) is 5.47. The standard InChI is InChI=1S/C17H10BrF3O4/c18-12-4-1-9(2-5-12)10-3-6-13-11(7-10)8-14(25-16(22)23)15(24-13)17(19,20)21/h1-8,15H,(H,22,23). The largest absolute Gasteiger partial charge is 0.511 e. The van der Waals surface area contributed by atoms with E-state index in [0.717, 1.165) is 21.7 Å². The lowest BCUT2D eigenvalue weighted by Crippen LogP contribution is -2.39. The highest BCUT2D eigenvalue weighted by atomic mass is 79.9. The van der Waals surface area contributed by atoms with Crippen LogP contribution in [0.15, 0.2) is 52.7 Å². The number of hydrogen-bond acceptors (Lipinski definition) is 3. The smallest absolute Gasteiger partial charge is 0.472 e. The molecule has 1 atom stereocenters. The van der Waals surface area contributed by atoms with Crippen LogP contribution >= 0.6 is 15.9 Å². The molecule has 0 saturated heterocycles. The minimum atomic E-state index is -4.80. The first-order valence-electron chi connectivity index (χ1n) is 7.00. The van der Waals surface area contributed by atoms with Crippen molar-refractivity contribution in [3.63, 3.8) is 0 Å². The second kappa shape index (κ2) is 6.44. The summed E-state index contributed by atoms with van der Waals surface area (Å²) >= 11 is 3.33. The number of ether oxygens (including phenoxy) is 2. The van der Waals surface area contributed by atoms with E-state index >= 15 is 0 Å². The Kier molecular flexibility index (Phi) is 4.47. The highest BCUT2D eigenvalue weighted by molar-refractivity contribution is 9.10. The van der Waals surface area contributed by atoms with Crippen LogP contribution in [-0.4, -0.2) is 23.5 Å². The normalized spacial score (nSPS) is 16.5. The van der Waals surface area contributed by atoms with Gasteiger partial charge in [0.25, 0.3) is 6.10 Å². The summed E-state index contributed by atoms with van der Waals surface area (Å²) in [6, 6.07) is 12.0. The SMILES string of the molecule is O=C(O)OC1=Cc2cc(-c3ccc(Br)cc3)ccc2OC1C(F)(F)F. The third-order valence-electron chi connectivity index (χ3n) is 3.49. The van der Waals surface area contributed by atoms with Gasteiger partial charge in [-0.1, -0.05) is 34.1 Å². The van der Waals surface area contributed by atoms with E-state index in [1.54, 1.807) is 12.1 Å². The second-order valence-electron chi connectivity index (χ2n) is 5.21. The molecule has 1 N–H and O–H groups in total. The molecule has 4 nitrogen and oxygen atoms in total. The van der Waals surface area contributed by atoms with Gasteiger partial charge in [0.15, 0.2) is 5.76 Å². The third-order valence-corrected chi connectivity index (χ3v) is 4.02. The Hall–Kier alpha value is -2.48. The van der Waals surface area contributed by atoms with E-state index in [1.807, 2.05) is 24.3 Å². The van der Waals surface area contributed by atoms with Gasteiger partial charge in [0.2, 0.25) is 0 Å². The molecule has 0 fully saturated rings. The second-order valence-corrected chi connectivity index (χ2v) is 6.13. The average molecular weight is 415 g/mol. The number of hydrogen-bond donors (Lipinski definition) is 1. The molecule has 1 unspecified atom stereocenters. The van der Waals surface area contributed by atoms with Crippen LogP contribution in [0.25, 0.3) is 17.2 Å². The molecule has 8 heteroatoms. The molecule has 0 amide bonds. The molecular formula is C17H10BrF3O4. The summed E-state index contributed by atoms with van der Waals surface area (Å²) in [6.07, 6.45) is -8.07. The molecule has 0 aromatic heterocycles. The van der Waals surface area contributed by atoms with Crippen molar-refractivity contribution in [1.29, 1.82) is 0 Å². The molecule has 0 saturated carbocycles. The van der Waals surface area contributed by atoms with Gasteiger partial charge in [-0.3, -0.25) is 0 Å². The monoisotopic (exact) mass is 414 g/mol. The van der Waals surface area contributed by atoms with Crippen LogP contribution < -0.4 is 4.74 Å². The lowest BCUT2D eigenvalue weighted by atomic mass is 10.00. The average Bonchev–Trinajstić information content (AvgIpc) is 2.53. The number of fused-ring (bicyclic) bond motifs is 1. The van der Waals surface area contributed by atoms with E-state index in [1.165, 1.54) is 6.07 Å². The zero-order chi connectivity index (χ0) is 18.2. The fourth-order valence-electron chi connectivity index (χ4n) is 2.42. The van der Waals surface area contributed by atoms with Gasteiger partial charge in [0, 0.05) is 10.0 Å². The molecule has 3 rings (SSSR count). The van der Waals surface area contributed by atoms with Crippen LogP contribution in [0.4, 0.5) is 18.0 Å². The van der Waals surface area contributed by atoms with Gasteiger partial charge in [0.05, 0.1) is 0 Å². The summed E-state index contributed by atoms with van der Waals surface area (Å²) in [4.78, 5) is 10.7. The summed E-state index contributed by atoms with van der Waals surface area (Å²) in [7, 11) is 0. The minimum absolute atomic E-state index is 0.000857. The molecule has 1 aliphatic heterocycles. The fourth-order valence-corrected chi connectivity index (χ4v) is 2.68. The van der Waals surface area contributed by atoms with Crippen molar-refractivity contribution >= 4 is 28.2 Å². The van der Waals surface area contributed by atoms with Crippen molar-refractivity contribution < 1.29 is 32.5 Å². The maximum Gasteiger partial charge on any atom is 0.511 e. The van der Waals surface area contributed by atoms with Crippen LogP contribution in [0.1, 0.15) is 5.56 Å². The Bertz CT molecular complexity index is 844. The van der Waals surface area contributed by atoms with Crippen molar-refractivity contribution in [3.8, 4) is 16.9 Å². The van der Waals surface area contributed by atoms with Crippen molar-refractivity contribution in [2.75, 3.05) is 0 Å². The number of rotatable bonds is 2. The van der Waals surface area contributed by atoms with E-state index in [9.17, 15) is 18.0 Å². The molecule has 0 spiro atoms. The minimum Gasteiger partial charge on any atom is -0.472 e. The molecule has 0 radical (unpaired) electrons. The van der Waals surface area contributed by atoms with Crippen LogP contribution in [0, 0.1) is 0 Å². The lowest BCUT2D eigenvalue weighted by Gasteiger charge is -2.27. The maximum absolute atomic E-state index is 13.1. The first-order chi connectivity index (χ1) is 11.7. The molecule has 0 bridgehead atoms. The summed E-state index contributed by atoms with van der Waals surface area (Å²) in [5.41, 5.74) is 1.89. The predicted molar refractivity (Wildman–Crippen MR) is 87.1 cm³/mol. The zero-order valence-corrected chi connectivity index (χ0v) is 14.0. The Balaban J connectivity index is 2.03. The van der Waals surface area contributed by atoms with Gasteiger partial charge < -0.3 is 14.6 Å². The number of benzene rings is 2. The Morgan fingerprint density at radius 1 is 1.12 bits per heavy atom. The summed E-state index contributed by atoms with van der Waals surface area (Å²) in [6.45, 7) is 0. The highest BCUT2D eigenvalue weighted by Crippen LogP contribution is 2.39. The van der Waals surface area contributed by atoms with Crippen LogP contribution in [0.3, 0.4) is 0 Å². The zero-order valence-electron chi connectivity index (χ0n) is 12.4. The van der Waals surface area contributed by atoms with Gasteiger partial charge in [-0.05, 0) is 41.5 Å². The molecule has 2 aromatic rings. The van der Waals surface area contributed by atoms with Crippen molar-refractivity contribution in [2.24, 2.45) is 0 Å². The number of carbonyl (C=O) groups is 1. The van der Waals surface area contributed by atoms with Crippen LogP contribution in [0.5, 0.6) is 5.75 Å². The number of halogens is 4. The maximum atomic E-state index is 13.1. The number of alkyl halides is 3. The quantitative estimate of drug-likeness (QED) is 0.661. The Labute approximate surface area is 148 Å². The van der Waals surface area contributed by atoms with E-state index in [0.29, 0.717) is 5.56 Å². The van der Waals surface area contributed by atoms with Gasteiger partial charge in [-0.15, -0.1) is 0 Å². The molecule has 2 aromatic carbocycles. The Morgan fingerprint density at radius 3 is 2.36 bits per heavy atom. The van der Waals surface area contributed by atoms with Gasteiger partial charge >= 0.3 is 12.3 Å². The molecule has 25 heavy (non-hydrogen) atoms. The van der Waals surface area contributed by atoms with E-state index in [-0.39, 0.29) is 5.75 Å². The molecule has 1 aliphatic rings. The fraction of sp³-hybridized carbons (Fsp3) is 0.118. The number of carboxylic acid groups (broad SMARTS) is 1. The summed E-state index contributed by atoms with van der Waals surface area (Å²) < 4.78 is 49.3. The highest BCUT2D eigenvalue weighted by Gasteiger charge is 2.48. The summed E-state index contributed by atoms with van der Waals surface area (Å²) in [5, 5.41) is 8.67. The molecule has 0 aliphatic carbocycles.